The summed E-state index contributed by atoms with van der Waals surface area (Å²) in [5.41, 5.74) is 4.81. The molecule has 1 saturated carbocycles. The Morgan fingerprint density at radius 3 is 2.69 bits per heavy atom. The van der Waals surface area contributed by atoms with Crippen molar-refractivity contribution in [3.63, 3.8) is 0 Å². The van der Waals surface area contributed by atoms with Crippen LogP contribution in [0.3, 0.4) is 0 Å². The Kier molecular flexibility index (Phi) is 9.89. The van der Waals surface area contributed by atoms with Gasteiger partial charge in [0.1, 0.15) is 22.8 Å². The predicted octanol–water partition coefficient (Wildman–Crippen LogP) is 5.79. The number of hydrogen-bond donors (Lipinski definition) is 2. The molecule has 4 heterocycles. The van der Waals surface area contributed by atoms with E-state index < -0.39 is 11.6 Å². The predicted molar refractivity (Wildman–Crippen MR) is 183 cm³/mol. The first-order valence-corrected chi connectivity index (χ1v) is 17.3. The van der Waals surface area contributed by atoms with Crippen LogP contribution in [0.25, 0.3) is 5.57 Å². The van der Waals surface area contributed by atoms with E-state index in [2.05, 4.69) is 21.6 Å². The molecule has 48 heavy (non-hydrogen) atoms. The maximum absolute atomic E-state index is 14.6. The third kappa shape index (κ3) is 7.05. The molecule has 3 aliphatic heterocycles. The monoisotopic (exact) mass is 697 g/mol. The normalized spacial score (nSPS) is 22.3. The third-order valence-electron chi connectivity index (χ3n) is 9.68. The molecule has 7 rings (SSSR count). The number of aromatic nitrogens is 1. The lowest BCUT2D eigenvalue weighted by atomic mass is 9.84. The van der Waals surface area contributed by atoms with Gasteiger partial charge in [-0.05, 0) is 78.3 Å². The lowest BCUT2D eigenvalue weighted by molar-refractivity contribution is -0.128. The number of nitrogens with zero attached hydrogens (tertiary/aromatic N) is 3. The molecule has 3 aromatic rings. The average Bonchev–Trinajstić information content (AvgIpc) is 3.83. The first-order valence-electron chi connectivity index (χ1n) is 16.6. The Hall–Kier alpha value is -3.28. The largest absolute Gasteiger partial charge is 0.484 e. The number of nitrogens with one attached hydrogen (secondary N) is 2. The minimum atomic E-state index is -0.721. The Balaban J connectivity index is 1.12. The van der Waals surface area contributed by atoms with Gasteiger partial charge in [-0.2, -0.15) is 0 Å². The van der Waals surface area contributed by atoms with E-state index in [1.807, 2.05) is 35.4 Å². The van der Waals surface area contributed by atoms with Gasteiger partial charge in [-0.15, -0.1) is 0 Å². The molecule has 254 valence electrons. The summed E-state index contributed by atoms with van der Waals surface area (Å²) in [5.74, 6) is -0.883. The Morgan fingerprint density at radius 1 is 1.08 bits per heavy atom. The molecule has 2 N–H and O–H groups in total. The van der Waals surface area contributed by atoms with Crippen LogP contribution in [0, 0.1) is 11.6 Å². The first-order chi connectivity index (χ1) is 23.3. The highest BCUT2D eigenvalue weighted by molar-refractivity contribution is 6.32. The van der Waals surface area contributed by atoms with Gasteiger partial charge in [0, 0.05) is 68.6 Å². The van der Waals surface area contributed by atoms with Gasteiger partial charge < -0.3 is 29.9 Å². The van der Waals surface area contributed by atoms with Crippen molar-refractivity contribution >= 4 is 40.5 Å². The molecule has 2 bridgehead atoms. The van der Waals surface area contributed by atoms with Crippen molar-refractivity contribution in [3.8, 4) is 5.75 Å². The molecule has 12 heteroatoms. The SMILES string of the molecule is COCCc1ccc(Cl)c(CN(C(=O)C2=C(c3ccc(N4CC[C@@H](Oc5c(F)ccc(F)c5Cl)C4)nc3)C[C@@H]3CNC[C@H]2N3)C2CC2)c1. The van der Waals surface area contributed by atoms with Gasteiger partial charge in [-0.3, -0.25) is 4.79 Å². The van der Waals surface area contributed by atoms with Crippen LogP contribution in [0.15, 0.2) is 54.2 Å². The zero-order valence-electron chi connectivity index (χ0n) is 26.8. The topological polar surface area (TPSA) is 79.0 Å². The van der Waals surface area contributed by atoms with Gasteiger partial charge >= 0.3 is 0 Å². The van der Waals surface area contributed by atoms with Crippen molar-refractivity contribution in [2.75, 3.05) is 44.8 Å². The molecular formula is C36H39Cl2F2N5O3. The number of fused-ring (bicyclic) bond motifs is 2. The lowest BCUT2D eigenvalue weighted by Crippen LogP contribution is -2.60. The number of methoxy groups -OCH3 is 1. The minimum Gasteiger partial charge on any atom is -0.484 e. The zero-order valence-corrected chi connectivity index (χ0v) is 28.3. The van der Waals surface area contributed by atoms with Crippen LogP contribution in [-0.2, 0) is 22.5 Å². The van der Waals surface area contributed by atoms with Crippen LogP contribution in [0.1, 0.15) is 42.4 Å². The number of anilines is 1. The van der Waals surface area contributed by atoms with Crippen molar-refractivity contribution < 1.29 is 23.0 Å². The summed E-state index contributed by atoms with van der Waals surface area (Å²) in [5, 5.41) is 7.50. The van der Waals surface area contributed by atoms with Gasteiger partial charge in [0.15, 0.2) is 11.6 Å². The summed E-state index contributed by atoms with van der Waals surface area (Å²) in [4.78, 5) is 23.5. The molecule has 3 fully saturated rings. The lowest BCUT2D eigenvalue weighted by Gasteiger charge is -2.41. The van der Waals surface area contributed by atoms with Gasteiger partial charge in [0.2, 0.25) is 0 Å². The molecule has 0 spiro atoms. The fraction of sp³-hybridized carbons (Fsp3) is 0.444. The van der Waals surface area contributed by atoms with Crippen LogP contribution in [0.5, 0.6) is 5.75 Å². The van der Waals surface area contributed by atoms with Gasteiger partial charge in [0.05, 0.1) is 19.2 Å². The molecule has 2 saturated heterocycles. The molecule has 2 aromatic carbocycles. The highest BCUT2D eigenvalue weighted by atomic mass is 35.5. The second kappa shape index (κ2) is 14.3. The highest BCUT2D eigenvalue weighted by Gasteiger charge is 2.41. The highest BCUT2D eigenvalue weighted by Crippen LogP contribution is 2.38. The number of piperazine rings is 1. The average molecular weight is 699 g/mol. The maximum atomic E-state index is 14.6. The second-order valence-electron chi connectivity index (χ2n) is 13.1. The number of rotatable bonds is 11. The van der Waals surface area contributed by atoms with E-state index in [1.165, 1.54) is 0 Å². The van der Waals surface area contributed by atoms with E-state index >= 15 is 0 Å². The van der Waals surface area contributed by atoms with E-state index in [0.29, 0.717) is 50.7 Å². The van der Waals surface area contributed by atoms with Crippen molar-refractivity contribution in [1.82, 2.24) is 20.5 Å². The standard InChI is InChI=1S/C36H39Cl2F2N5O3/c1-47-13-11-21-2-6-28(37)23(14-21)19-45(25-4-5-25)36(46)33-27(15-24-17-41-18-31(33)43-24)22-3-9-32(42-16-22)44-12-10-26(20-44)48-35-30(40)8-7-29(39)34(35)38/h2-3,6-9,14,16,24-26,31,41,43H,4-5,10-13,15,17-20H2,1H3/t24-,26-,31-/m1/s1. The number of amides is 1. The van der Waals surface area contributed by atoms with Crippen molar-refractivity contribution in [3.05, 3.63) is 92.6 Å². The second-order valence-corrected chi connectivity index (χ2v) is 13.8. The molecule has 8 nitrogen and oxygen atoms in total. The Labute approximate surface area is 289 Å². The first kappa shape index (κ1) is 33.2. The number of pyridine rings is 1. The minimum absolute atomic E-state index is 0.0392. The van der Waals surface area contributed by atoms with Crippen molar-refractivity contribution in [1.29, 1.82) is 0 Å². The molecule has 1 amide bonds. The number of carbonyl (C=O) groups is 1. The van der Waals surface area contributed by atoms with Crippen LogP contribution >= 0.6 is 23.2 Å². The fourth-order valence-corrected chi connectivity index (χ4v) is 7.40. The van der Waals surface area contributed by atoms with E-state index in [4.69, 9.17) is 37.7 Å². The number of benzene rings is 2. The van der Waals surface area contributed by atoms with Crippen LogP contribution < -0.4 is 20.3 Å². The molecular weight excluding hydrogens is 659 g/mol. The van der Waals surface area contributed by atoms with Gasteiger partial charge in [0.25, 0.3) is 5.91 Å². The summed E-state index contributed by atoms with van der Waals surface area (Å²) in [6.07, 6.45) is 5.52. The molecule has 1 aromatic heterocycles. The third-order valence-corrected chi connectivity index (χ3v) is 10.4. The quantitative estimate of drug-likeness (QED) is 0.246. The number of carbonyl (C=O) groups excluding carboxylic acids is 1. The summed E-state index contributed by atoms with van der Waals surface area (Å²) in [6.45, 7) is 3.66. The van der Waals surface area contributed by atoms with E-state index in [-0.39, 0.29) is 40.9 Å². The molecule has 3 atom stereocenters. The van der Waals surface area contributed by atoms with Gasteiger partial charge in [-0.1, -0.05) is 35.3 Å². The molecule has 0 radical (unpaired) electrons. The van der Waals surface area contributed by atoms with Crippen molar-refractivity contribution in [2.45, 2.75) is 62.9 Å². The number of ether oxygens (including phenoxy) is 2. The maximum Gasteiger partial charge on any atom is 0.252 e. The summed E-state index contributed by atoms with van der Waals surface area (Å²) in [6, 6.07) is 12.3. The smallest absolute Gasteiger partial charge is 0.252 e. The van der Waals surface area contributed by atoms with E-state index in [9.17, 15) is 13.6 Å². The summed E-state index contributed by atoms with van der Waals surface area (Å²) < 4.78 is 39.3. The summed E-state index contributed by atoms with van der Waals surface area (Å²) in [7, 11) is 1.69. The molecule has 1 aliphatic carbocycles. The van der Waals surface area contributed by atoms with Gasteiger partial charge in [-0.25, -0.2) is 13.8 Å². The van der Waals surface area contributed by atoms with Crippen molar-refractivity contribution in [2.24, 2.45) is 0 Å². The molecule has 0 unspecified atom stereocenters. The van der Waals surface area contributed by atoms with Crippen LogP contribution in [0.2, 0.25) is 10.0 Å². The zero-order chi connectivity index (χ0) is 33.4. The van der Waals surface area contributed by atoms with Crippen LogP contribution in [-0.4, -0.2) is 79.9 Å². The number of hydrogen-bond acceptors (Lipinski definition) is 7. The summed E-state index contributed by atoms with van der Waals surface area (Å²) >= 11 is 12.7. The number of halogens is 4. The Morgan fingerprint density at radius 2 is 1.92 bits per heavy atom. The van der Waals surface area contributed by atoms with Crippen LogP contribution in [0.4, 0.5) is 14.6 Å². The van der Waals surface area contributed by atoms with E-state index in [1.54, 1.807) is 7.11 Å². The Bertz CT molecular complexity index is 1700. The van der Waals surface area contributed by atoms with E-state index in [0.717, 1.165) is 71.6 Å². The fourth-order valence-electron chi connectivity index (χ4n) is 7.02. The molecule has 4 aliphatic rings.